The molecule has 0 unspecified atom stereocenters. The van der Waals surface area contributed by atoms with Crippen LogP contribution >= 0.6 is 0 Å². The molecule has 1 amide bonds. The van der Waals surface area contributed by atoms with E-state index in [1.165, 1.54) is 12.1 Å². The lowest BCUT2D eigenvalue weighted by Gasteiger charge is -2.08. The van der Waals surface area contributed by atoms with Crippen molar-refractivity contribution in [2.24, 2.45) is 0 Å². The number of imidazole rings is 1. The average Bonchev–Trinajstić information content (AvgIpc) is 2.95. The number of aromatic nitrogens is 2. The van der Waals surface area contributed by atoms with Crippen LogP contribution in [0, 0.1) is 6.92 Å². The average molecular weight is 333 g/mol. The molecule has 3 rings (SSSR count). The van der Waals surface area contributed by atoms with Crippen LogP contribution in [0.4, 0.5) is 13.2 Å². The molecule has 7 heteroatoms. The van der Waals surface area contributed by atoms with E-state index in [4.69, 9.17) is 0 Å². The Kier molecular flexibility index (Phi) is 4.01. The first-order chi connectivity index (χ1) is 11.3. The number of fused-ring (bicyclic) bond motifs is 1. The highest BCUT2D eigenvalue weighted by molar-refractivity contribution is 5.92. The molecule has 24 heavy (non-hydrogen) atoms. The van der Waals surface area contributed by atoms with Gasteiger partial charge in [0.05, 0.1) is 5.56 Å². The van der Waals surface area contributed by atoms with Gasteiger partial charge in [-0.15, -0.1) is 0 Å². The van der Waals surface area contributed by atoms with Crippen LogP contribution in [0.1, 0.15) is 27.2 Å². The monoisotopic (exact) mass is 333 g/mol. The SMILES string of the molecule is Cc1ccn2cc(C(=O)NCc3ccc(C(F)(F)F)cc3)nc2c1. The predicted octanol–water partition coefficient (Wildman–Crippen LogP) is 3.59. The summed E-state index contributed by atoms with van der Waals surface area (Å²) in [6.45, 7) is 2.06. The summed E-state index contributed by atoms with van der Waals surface area (Å²) in [5.41, 5.74) is 1.82. The third-order valence-corrected chi connectivity index (χ3v) is 3.58. The number of hydrogen-bond acceptors (Lipinski definition) is 2. The zero-order valence-electron chi connectivity index (χ0n) is 12.8. The molecule has 124 valence electrons. The molecule has 4 nitrogen and oxygen atoms in total. The summed E-state index contributed by atoms with van der Waals surface area (Å²) in [5, 5.41) is 2.65. The number of nitrogens with zero attached hydrogens (tertiary/aromatic N) is 2. The van der Waals surface area contributed by atoms with E-state index in [0.717, 1.165) is 17.7 Å². The van der Waals surface area contributed by atoms with Gasteiger partial charge in [-0.2, -0.15) is 13.2 Å². The molecule has 0 aliphatic heterocycles. The van der Waals surface area contributed by atoms with Crippen molar-refractivity contribution in [2.45, 2.75) is 19.6 Å². The molecular formula is C17H14F3N3O. The van der Waals surface area contributed by atoms with Gasteiger partial charge in [0.25, 0.3) is 5.91 Å². The normalized spacial score (nSPS) is 11.7. The number of hydrogen-bond donors (Lipinski definition) is 1. The minimum Gasteiger partial charge on any atom is -0.347 e. The molecular weight excluding hydrogens is 319 g/mol. The Hall–Kier alpha value is -2.83. The van der Waals surface area contributed by atoms with Gasteiger partial charge < -0.3 is 9.72 Å². The molecule has 2 heterocycles. The van der Waals surface area contributed by atoms with Gasteiger partial charge in [-0.25, -0.2) is 4.98 Å². The second-order valence-electron chi connectivity index (χ2n) is 5.47. The van der Waals surface area contributed by atoms with Crippen LogP contribution in [0.3, 0.4) is 0 Å². The van der Waals surface area contributed by atoms with Crippen LogP contribution < -0.4 is 5.32 Å². The van der Waals surface area contributed by atoms with Crippen LogP contribution in [-0.2, 0) is 12.7 Å². The second kappa shape index (κ2) is 5.99. The molecule has 0 radical (unpaired) electrons. The Morgan fingerprint density at radius 1 is 1.21 bits per heavy atom. The fourth-order valence-electron chi connectivity index (χ4n) is 2.28. The van der Waals surface area contributed by atoms with E-state index >= 15 is 0 Å². The van der Waals surface area contributed by atoms with Crippen LogP contribution in [-0.4, -0.2) is 15.3 Å². The lowest BCUT2D eigenvalue weighted by atomic mass is 10.1. The van der Waals surface area contributed by atoms with Gasteiger partial charge in [0.1, 0.15) is 11.3 Å². The molecule has 0 saturated heterocycles. The minimum atomic E-state index is -4.36. The number of carbonyl (C=O) groups is 1. The van der Waals surface area contributed by atoms with Crippen LogP contribution in [0.2, 0.25) is 0 Å². The molecule has 2 aromatic heterocycles. The molecule has 1 N–H and O–H groups in total. The van der Waals surface area contributed by atoms with E-state index in [9.17, 15) is 18.0 Å². The Bertz CT molecular complexity index is 882. The number of nitrogens with one attached hydrogen (secondary N) is 1. The zero-order valence-corrected chi connectivity index (χ0v) is 12.8. The Labute approximate surface area is 135 Å². The maximum atomic E-state index is 12.5. The van der Waals surface area contributed by atoms with Gasteiger partial charge in [-0.3, -0.25) is 4.79 Å². The van der Waals surface area contributed by atoms with E-state index in [0.29, 0.717) is 11.2 Å². The zero-order chi connectivity index (χ0) is 17.3. The standard InChI is InChI=1S/C17H14F3N3O/c1-11-6-7-23-10-14(22-15(23)8-11)16(24)21-9-12-2-4-13(5-3-12)17(18,19)20/h2-8,10H,9H2,1H3,(H,21,24). The molecule has 0 atom stereocenters. The highest BCUT2D eigenvalue weighted by Crippen LogP contribution is 2.29. The van der Waals surface area contributed by atoms with Crippen LogP contribution in [0.25, 0.3) is 5.65 Å². The van der Waals surface area contributed by atoms with E-state index in [-0.39, 0.29) is 18.1 Å². The summed E-state index contributed by atoms with van der Waals surface area (Å²) >= 11 is 0. The van der Waals surface area contributed by atoms with Crippen molar-refractivity contribution in [3.05, 3.63) is 71.2 Å². The number of amides is 1. The maximum absolute atomic E-state index is 12.5. The Morgan fingerprint density at radius 3 is 2.58 bits per heavy atom. The lowest BCUT2D eigenvalue weighted by Crippen LogP contribution is -2.23. The van der Waals surface area contributed by atoms with Gasteiger partial charge in [0, 0.05) is 18.9 Å². The Morgan fingerprint density at radius 2 is 1.92 bits per heavy atom. The maximum Gasteiger partial charge on any atom is 0.416 e. The fourth-order valence-corrected chi connectivity index (χ4v) is 2.28. The molecule has 1 aromatic carbocycles. The number of benzene rings is 1. The quantitative estimate of drug-likeness (QED) is 0.796. The summed E-state index contributed by atoms with van der Waals surface area (Å²) in [6.07, 6.45) is -0.947. The van der Waals surface area contributed by atoms with Gasteiger partial charge in [-0.1, -0.05) is 12.1 Å². The van der Waals surface area contributed by atoms with E-state index in [2.05, 4.69) is 10.3 Å². The largest absolute Gasteiger partial charge is 0.416 e. The first-order valence-corrected chi connectivity index (χ1v) is 7.22. The van der Waals surface area contributed by atoms with Gasteiger partial charge >= 0.3 is 6.18 Å². The molecule has 3 aromatic rings. The topological polar surface area (TPSA) is 46.4 Å². The van der Waals surface area contributed by atoms with Gasteiger partial charge in [0.2, 0.25) is 0 Å². The van der Waals surface area contributed by atoms with Crippen molar-refractivity contribution in [2.75, 3.05) is 0 Å². The number of aryl methyl sites for hydroxylation is 1. The first kappa shape index (κ1) is 16.0. The summed E-state index contributed by atoms with van der Waals surface area (Å²) in [6, 6.07) is 8.43. The van der Waals surface area contributed by atoms with Crippen molar-refractivity contribution >= 4 is 11.6 Å². The smallest absolute Gasteiger partial charge is 0.347 e. The fraction of sp³-hybridized carbons (Fsp3) is 0.176. The first-order valence-electron chi connectivity index (χ1n) is 7.22. The molecule has 0 aliphatic carbocycles. The number of pyridine rings is 1. The summed E-state index contributed by atoms with van der Waals surface area (Å²) in [7, 11) is 0. The summed E-state index contributed by atoms with van der Waals surface area (Å²) in [4.78, 5) is 16.4. The second-order valence-corrected chi connectivity index (χ2v) is 5.47. The van der Waals surface area contributed by atoms with Crippen molar-refractivity contribution in [1.29, 1.82) is 0 Å². The molecule has 0 fully saturated rings. The number of halogens is 3. The highest BCUT2D eigenvalue weighted by atomic mass is 19.4. The van der Waals surface area contributed by atoms with Crippen molar-refractivity contribution in [3.63, 3.8) is 0 Å². The minimum absolute atomic E-state index is 0.129. The van der Waals surface area contributed by atoms with Crippen molar-refractivity contribution in [1.82, 2.24) is 14.7 Å². The third-order valence-electron chi connectivity index (χ3n) is 3.58. The van der Waals surface area contributed by atoms with E-state index in [1.54, 1.807) is 10.6 Å². The molecule has 0 saturated carbocycles. The van der Waals surface area contributed by atoms with Crippen molar-refractivity contribution < 1.29 is 18.0 Å². The van der Waals surface area contributed by atoms with Crippen molar-refractivity contribution in [3.8, 4) is 0 Å². The van der Waals surface area contributed by atoms with Crippen LogP contribution in [0.5, 0.6) is 0 Å². The third kappa shape index (κ3) is 3.40. The molecule has 0 spiro atoms. The predicted molar refractivity (Wildman–Crippen MR) is 82.5 cm³/mol. The van der Waals surface area contributed by atoms with E-state index < -0.39 is 11.7 Å². The van der Waals surface area contributed by atoms with Crippen LogP contribution in [0.15, 0.2) is 48.8 Å². The summed E-state index contributed by atoms with van der Waals surface area (Å²) in [5.74, 6) is -0.378. The molecule has 0 bridgehead atoms. The summed E-state index contributed by atoms with van der Waals surface area (Å²) < 4.78 is 39.2. The van der Waals surface area contributed by atoms with Gasteiger partial charge in [-0.05, 0) is 42.3 Å². The Balaban J connectivity index is 1.68. The van der Waals surface area contributed by atoms with Gasteiger partial charge in [0.15, 0.2) is 0 Å². The highest BCUT2D eigenvalue weighted by Gasteiger charge is 2.29. The number of rotatable bonds is 3. The number of carbonyl (C=O) groups excluding carboxylic acids is 1. The van der Waals surface area contributed by atoms with E-state index in [1.807, 2.05) is 25.3 Å². The molecule has 0 aliphatic rings. The lowest BCUT2D eigenvalue weighted by molar-refractivity contribution is -0.137. The number of alkyl halides is 3.